The second-order valence-electron chi connectivity index (χ2n) is 3.63. The molecule has 2 nitrogen and oxygen atoms in total. The lowest BCUT2D eigenvalue weighted by atomic mass is 9.99. The third-order valence-electron chi connectivity index (χ3n) is 2.44. The highest BCUT2D eigenvalue weighted by molar-refractivity contribution is 6.31. The van der Waals surface area contributed by atoms with Gasteiger partial charge in [-0.3, -0.25) is 9.78 Å². The molecule has 1 rings (SSSR count). The predicted octanol–water partition coefficient (Wildman–Crippen LogP) is 3.84. The summed E-state index contributed by atoms with van der Waals surface area (Å²) in [5.41, 5.74) is -0.728. The Kier molecular flexibility index (Phi) is 4.14. The van der Waals surface area contributed by atoms with Crippen LogP contribution in [0.25, 0.3) is 0 Å². The Bertz CT molecular complexity index is 431. The predicted molar refractivity (Wildman–Crippen MR) is 58.0 cm³/mol. The smallest absolute Gasteiger partial charge is 0.299 e. The molecule has 0 aliphatic rings. The third-order valence-corrected chi connectivity index (χ3v) is 2.74. The van der Waals surface area contributed by atoms with Gasteiger partial charge >= 0.3 is 6.18 Å². The van der Waals surface area contributed by atoms with E-state index in [2.05, 4.69) is 4.98 Å². The average molecular weight is 266 g/mol. The molecule has 1 atom stereocenters. The van der Waals surface area contributed by atoms with Gasteiger partial charge in [-0.05, 0) is 13.0 Å². The molecule has 0 aliphatic heterocycles. The molecule has 17 heavy (non-hydrogen) atoms. The van der Waals surface area contributed by atoms with Gasteiger partial charge in [0.05, 0.1) is 22.2 Å². The Morgan fingerprint density at radius 1 is 1.53 bits per heavy atom. The van der Waals surface area contributed by atoms with E-state index in [1.165, 1.54) is 0 Å². The zero-order chi connectivity index (χ0) is 13.2. The van der Waals surface area contributed by atoms with E-state index in [1.54, 1.807) is 13.8 Å². The molecular weight excluding hydrogens is 255 g/mol. The van der Waals surface area contributed by atoms with E-state index in [4.69, 9.17) is 11.6 Å². The lowest BCUT2D eigenvalue weighted by Crippen LogP contribution is -2.12. The van der Waals surface area contributed by atoms with Crippen molar-refractivity contribution in [1.29, 1.82) is 0 Å². The molecule has 0 N–H and O–H groups in total. The standard InChI is InChI=1S/C11H11ClF3NO/c1-3-9(17)6(2)10-8(12)4-7(5-16-10)11(13,14)15/h4-6H,3H2,1-2H3. The van der Waals surface area contributed by atoms with E-state index in [0.717, 1.165) is 6.07 Å². The van der Waals surface area contributed by atoms with Crippen molar-refractivity contribution in [2.75, 3.05) is 0 Å². The van der Waals surface area contributed by atoms with Gasteiger partial charge in [0.25, 0.3) is 0 Å². The van der Waals surface area contributed by atoms with Crippen LogP contribution in [0, 0.1) is 0 Å². The van der Waals surface area contributed by atoms with Gasteiger partial charge in [-0.1, -0.05) is 18.5 Å². The van der Waals surface area contributed by atoms with Crippen LogP contribution in [-0.4, -0.2) is 10.8 Å². The summed E-state index contributed by atoms with van der Waals surface area (Å²) in [6.45, 7) is 3.25. The summed E-state index contributed by atoms with van der Waals surface area (Å²) in [5.74, 6) is -0.700. The molecule has 1 aromatic heterocycles. The van der Waals surface area contributed by atoms with E-state index in [9.17, 15) is 18.0 Å². The van der Waals surface area contributed by atoms with Crippen LogP contribution >= 0.6 is 11.6 Å². The fourth-order valence-corrected chi connectivity index (χ4v) is 1.71. The number of halogens is 4. The van der Waals surface area contributed by atoms with Gasteiger partial charge in [0.2, 0.25) is 0 Å². The van der Waals surface area contributed by atoms with Crippen molar-refractivity contribution in [3.8, 4) is 0 Å². The van der Waals surface area contributed by atoms with Crippen LogP contribution in [-0.2, 0) is 11.0 Å². The molecule has 0 spiro atoms. The molecular formula is C11H11ClF3NO. The number of nitrogens with zero attached hydrogens (tertiary/aromatic N) is 1. The molecule has 0 aromatic carbocycles. The number of alkyl halides is 3. The fraction of sp³-hybridized carbons (Fsp3) is 0.455. The first-order chi connectivity index (χ1) is 7.77. The molecule has 1 heterocycles. The molecule has 0 bridgehead atoms. The maximum Gasteiger partial charge on any atom is 0.417 e. The Morgan fingerprint density at radius 2 is 2.12 bits per heavy atom. The number of carbonyl (C=O) groups is 1. The number of aromatic nitrogens is 1. The number of hydrogen-bond acceptors (Lipinski definition) is 2. The Labute approximate surface area is 102 Å². The monoisotopic (exact) mass is 265 g/mol. The highest BCUT2D eigenvalue weighted by Crippen LogP contribution is 2.33. The van der Waals surface area contributed by atoms with Crippen LogP contribution < -0.4 is 0 Å². The van der Waals surface area contributed by atoms with Crippen LogP contribution in [0.15, 0.2) is 12.3 Å². The zero-order valence-corrected chi connectivity index (χ0v) is 10.1. The van der Waals surface area contributed by atoms with Crippen LogP contribution in [0.5, 0.6) is 0 Å². The highest BCUT2D eigenvalue weighted by atomic mass is 35.5. The van der Waals surface area contributed by atoms with E-state index >= 15 is 0 Å². The SMILES string of the molecule is CCC(=O)C(C)c1ncc(C(F)(F)F)cc1Cl. The summed E-state index contributed by atoms with van der Waals surface area (Å²) < 4.78 is 37.1. The van der Waals surface area contributed by atoms with Crippen molar-refractivity contribution in [3.05, 3.63) is 28.5 Å². The lowest BCUT2D eigenvalue weighted by molar-refractivity contribution is -0.137. The Balaban J connectivity index is 3.10. The molecule has 94 valence electrons. The number of hydrogen-bond donors (Lipinski definition) is 0. The summed E-state index contributed by atoms with van der Waals surface area (Å²) in [7, 11) is 0. The van der Waals surface area contributed by atoms with Crippen molar-refractivity contribution in [2.24, 2.45) is 0 Å². The molecule has 0 fully saturated rings. The minimum atomic E-state index is -4.48. The summed E-state index contributed by atoms with van der Waals surface area (Å²) in [6.07, 6.45) is -3.49. The quantitative estimate of drug-likeness (QED) is 0.831. The molecule has 0 aliphatic carbocycles. The van der Waals surface area contributed by atoms with Gasteiger partial charge in [0, 0.05) is 12.6 Å². The summed E-state index contributed by atoms with van der Waals surface area (Å²) in [4.78, 5) is 15.1. The van der Waals surface area contributed by atoms with Crippen LogP contribution in [0.2, 0.25) is 5.02 Å². The largest absolute Gasteiger partial charge is 0.417 e. The summed E-state index contributed by atoms with van der Waals surface area (Å²) >= 11 is 5.72. The van der Waals surface area contributed by atoms with Crippen molar-refractivity contribution >= 4 is 17.4 Å². The average Bonchev–Trinajstić information content (AvgIpc) is 2.25. The van der Waals surface area contributed by atoms with E-state index in [1.807, 2.05) is 0 Å². The first-order valence-electron chi connectivity index (χ1n) is 5.02. The number of ketones is 1. The molecule has 1 aromatic rings. The zero-order valence-electron chi connectivity index (χ0n) is 9.31. The molecule has 0 radical (unpaired) electrons. The molecule has 6 heteroatoms. The number of Topliss-reactive ketones (excluding diaryl/α,β-unsaturated/α-hetero) is 1. The molecule has 1 unspecified atom stereocenters. The summed E-state index contributed by atoms with van der Waals surface area (Å²) in [6, 6.07) is 0.795. The van der Waals surface area contributed by atoms with Crippen molar-refractivity contribution in [3.63, 3.8) is 0 Å². The van der Waals surface area contributed by atoms with E-state index in [0.29, 0.717) is 12.6 Å². The molecule has 0 saturated heterocycles. The normalized spacial score (nSPS) is 13.5. The van der Waals surface area contributed by atoms with Crippen molar-refractivity contribution in [1.82, 2.24) is 4.98 Å². The van der Waals surface area contributed by atoms with E-state index < -0.39 is 17.7 Å². The van der Waals surface area contributed by atoms with Gasteiger partial charge in [-0.15, -0.1) is 0 Å². The number of rotatable bonds is 3. The maximum absolute atomic E-state index is 12.4. The van der Waals surface area contributed by atoms with Crippen LogP contribution in [0.1, 0.15) is 37.4 Å². The second-order valence-corrected chi connectivity index (χ2v) is 4.04. The minimum Gasteiger partial charge on any atom is -0.299 e. The maximum atomic E-state index is 12.4. The van der Waals surface area contributed by atoms with Crippen LogP contribution in [0.3, 0.4) is 0 Å². The van der Waals surface area contributed by atoms with Gasteiger partial charge in [-0.25, -0.2) is 0 Å². The number of carbonyl (C=O) groups excluding carboxylic acids is 1. The third kappa shape index (κ3) is 3.19. The van der Waals surface area contributed by atoms with Crippen LogP contribution in [0.4, 0.5) is 13.2 Å². The minimum absolute atomic E-state index is 0.112. The Morgan fingerprint density at radius 3 is 2.53 bits per heavy atom. The van der Waals surface area contributed by atoms with Gasteiger partial charge in [0.15, 0.2) is 0 Å². The topological polar surface area (TPSA) is 30.0 Å². The summed E-state index contributed by atoms with van der Waals surface area (Å²) in [5, 5.41) is -0.130. The second kappa shape index (κ2) is 5.04. The van der Waals surface area contributed by atoms with Crippen molar-refractivity contribution < 1.29 is 18.0 Å². The van der Waals surface area contributed by atoms with Gasteiger partial charge in [-0.2, -0.15) is 13.2 Å². The van der Waals surface area contributed by atoms with Crippen molar-refractivity contribution in [2.45, 2.75) is 32.4 Å². The van der Waals surface area contributed by atoms with Gasteiger partial charge in [0.1, 0.15) is 5.78 Å². The Hall–Kier alpha value is -1.10. The first-order valence-corrected chi connectivity index (χ1v) is 5.40. The molecule has 0 saturated carbocycles. The highest BCUT2D eigenvalue weighted by Gasteiger charge is 2.32. The molecule has 0 amide bonds. The van der Waals surface area contributed by atoms with E-state index in [-0.39, 0.29) is 16.5 Å². The fourth-order valence-electron chi connectivity index (χ4n) is 1.38. The first kappa shape index (κ1) is 14.0. The lowest BCUT2D eigenvalue weighted by Gasteiger charge is -2.12. The van der Waals surface area contributed by atoms with Gasteiger partial charge < -0.3 is 0 Å². The number of pyridine rings is 1.